The third-order valence-corrected chi connectivity index (χ3v) is 2.29. The van der Waals surface area contributed by atoms with E-state index in [0.717, 1.165) is 11.9 Å². The van der Waals surface area contributed by atoms with Crippen LogP contribution < -0.4 is 5.32 Å². The molecule has 2 aromatic rings. The second kappa shape index (κ2) is 4.35. The SMILES string of the molecule is CCCNC(=O)c1ccc2oc(C)nc2c1. The highest BCUT2D eigenvalue weighted by Crippen LogP contribution is 2.16. The first-order chi connectivity index (χ1) is 7.70. The highest BCUT2D eigenvalue weighted by atomic mass is 16.3. The van der Waals surface area contributed by atoms with Crippen molar-refractivity contribution in [2.24, 2.45) is 0 Å². The smallest absolute Gasteiger partial charge is 0.251 e. The van der Waals surface area contributed by atoms with Crippen molar-refractivity contribution in [3.8, 4) is 0 Å². The van der Waals surface area contributed by atoms with Crippen molar-refractivity contribution in [2.75, 3.05) is 6.54 Å². The Balaban J connectivity index is 2.28. The Morgan fingerprint density at radius 1 is 1.50 bits per heavy atom. The summed E-state index contributed by atoms with van der Waals surface area (Å²) in [6, 6.07) is 5.27. The molecular formula is C12H14N2O2. The van der Waals surface area contributed by atoms with Gasteiger partial charge in [-0.15, -0.1) is 0 Å². The molecule has 0 saturated carbocycles. The van der Waals surface area contributed by atoms with Gasteiger partial charge in [0.1, 0.15) is 5.52 Å². The monoisotopic (exact) mass is 218 g/mol. The number of hydrogen-bond donors (Lipinski definition) is 1. The minimum Gasteiger partial charge on any atom is -0.441 e. The van der Waals surface area contributed by atoms with Crippen LogP contribution in [0.3, 0.4) is 0 Å². The fourth-order valence-electron chi connectivity index (χ4n) is 1.52. The molecule has 0 spiro atoms. The maximum absolute atomic E-state index is 11.7. The van der Waals surface area contributed by atoms with Crippen molar-refractivity contribution in [2.45, 2.75) is 20.3 Å². The van der Waals surface area contributed by atoms with Gasteiger partial charge in [0.25, 0.3) is 5.91 Å². The Morgan fingerprint density at radius 2 is 2.31 bits per heavy atom. The number of carbonyl (C=O) groups is 1. The van der Waals surface area contributed by atoms with Gasteiger partial charge >= 0.3 is 0 Å². The molecule has 1 aromatic heterocycles. The van der Waals surface area contributed by atoms with Crippen molar-refractivity contribution >= 4 is 17.0 Å². The molecule has 0 radical (unpaired) electrons. The quantitative estimate of drug-likeness (QED) is 0.859. The molecule has 0 aliphatic carbocycles. The molecule has 2 rings (SSSR count). The molecule has 0 bridgehead atoms. The lowest BCUT2D eigenvalue weighted by atomic mass is 10.2. The number of rotatable bonds is 3. The van der Waals surface area contributed by atoms with E-state index in [1.54, 1.807) is 25.1 Å². The van der Waals surface area contributed by atoms with Crippen LogP contribution in [-0.2, 0) is 0 Å². The minimum atomic E-state index is -0.0654. The zero-order valence-electron chi connectivity index (χ0n) is 9.41. The fourth-order valence-corrected chi connectivity index (χ4v) is 1.52. The highest BCUT2D eigenvalue weighted by Gasteiger charge is 2.08. The van der Waals surface area contributed by atoms with Crippen LogP contribution >= 0.6 is 0 Å². The summed E-state index contributed by atoms with van der Waals surface area (Å²) in [4.78, 5) is 15.9. The Morgan fingerprint density at radius 3 is 3.06 bits per heavy atom. The third-order valence-electron chi connectivity index (χ3n) is 2.29. The lowest BCUT2D eigenvalue weighted by Crippen LogP contribution is -2.23. The molecule has 84 valence electrons. The Hall–Kier alpha value is -1.84. The summed E-state index contributed by atoms with van der Waals surface area (Å²) in [7, 11) is 0. The first kappa shape index (κ1) is 10.7. The Bertz CT molecular complexity index is 517. The van der Waals surface area contributed by atoms with Crippen LogP contribution in [0.4, 0.5) is 0 Å². The van der Waals surface area contributed by atoms with Gasteiger partial charge in [0.15, 0.2) is 11.5 Å². The van der Waals surface area contributed by atoms with E-state index < -0.39 is 0 Å². The first-order valence-corrected chi connectivity index (χ1v) is 5.36. The summed E-state index contributed by atoms with van der Waals surface area (Å²) in [6.07, 6.45) is 0.928. The van der Waals surface area contributed by atoms with Crippen LogP contribution in [0, 0.1) is 6.92 Å². The van der Waals surface area contributed by atoms with Crippen molar-refractivity contribution < 1.29 is 9.21 Å². The van der Waals surface area contributed by atoms with Gasteiger partial charge in [-0.1, -0.05) is 6.92 Å². The molecule has 0 aliphatic heterocycles. The van der Waals surface area contributed by atoms with Crippen LogP contribution in [0.1, 0.15) is 29.6 Å². The van der Waals surface area contributed by atoms with E-state index in [0.29, 0.717) is 23.6 Å². The number of carbonyl (C=O) groups excluding carboxylic acids is 1. The molecule has 1 aromatic carbocycles. The van der Waals surface area contributed by atoms with Crippen LogP contribution in [-0.4, -0.2) is 17.4 Å². The summed E-state index contributed by atoms with van der Waals surface area (Å²) in [5.41, 5.74) is 2.06. The predicted molar refractivity (Wildman–Crippen MR) is 61.4 cm³/mol. The van der Waals surface area contributed by atoms with Gasteiger partial charge in [0.05, 0.1) is 0 Å². The number of aryl methyl sites for hydroxylation is 1. The number of nitrogens with one attached hydrogen (secondary N) is 1. The molecule has 1 heterocycles. The average Bonchev–Trinajstić information content (AvgIpc) is 2.64. The molecule has 1 amide bonds. The average molecular weight is 218 g/mol. The van der Waals surface area contributed by atoms with E-state index in [1.807, 2.05) is 6.92 Å². The van der Waals surface area contributed by atoms with E-state index in [4.69, 9.17) is 4.42 Å². The molecule has 0 saturated heterocycles. The van der Waals surface area contributed by atoms with Crippen LogP contribution in [0.2, 0.25) is 0 Å². The molecule has 0 unspecified atom stereocenters. The number of amides is 1. The molecule has 1 N–H and O–H groups in total. The topological polar surface area (TPSA) is 55.1 Å². The number of fused-ring (bicyclic) bond motifs is 1. The molecule has 0 fully saturated rings. The summed E-state index contributed by atoms with van der Waals surface area (Å²) >= 11 is 0. The number of oxazole rings is 1. The van der Waals surface area contributed by atoms with Crippen LogP contribution in [0.15, 0.2) is 22.6 Å². The largest absolute Gasteiger partial charge is 0.441 e. The highest BCUT2D eigenvalue weighted by molar-refractivity contribution is 5.97. The van der Waals surface area contributed by atoms with Crippen molar-refractivity contribution in [1.29, 1.82) is 0 Å². The Kier molecular flexibility index (Phi) is 2.90. The molecule has 4 nitrogen and oxygen atoms in total. The van der Waals surface area contributed by atoms with Gasteiger partial charge in [0, 0.05) is 19.0 Å². The zero-order valence-corrected chi connectivity index (χ0v) is 9.41. The molecule has 4 heteroatoms. The number of hydrogen-bond acceptors (Lipinski definition) is 3. The minimum absolute atomic E-state index is 0.0654. The van der Waals surface area contributed by atoms with Crippen molar-refractivity contribution in [3.63, 3.8) is 0 Å². The van der Waals surface area contributed by atoms with Crippen molar-refractivity contribution in [1.82, 2.24) is 10.3 Å². The van der Waals surface area contributed by atoms with Crippen molar-refractivity contribution in [3.05, 3.63) is 29.7 Å². The summed E-state index contributed by atoms with van der Waals surface area (Å²) in [5, 5.41) is 2.82. The Labute approximate surface area is 93.7 Å². The second-order valence-electron chi connectivity index (χ2n) is 3.67. The summed E-state index contributed by atoms with van der Waals surface area (Å²) < 4.78 is 5.34. The number of aromatic nitrogens is 1. The fraction of sp³-hybridized carbons (Fsp3) is 0.333. The third kappa shape index (κ3) is 2.05. The number of nitrogens with zero attached hydrogens (tertiary/aromatic N) is 1. The molecule has 0 atom stereocenters. The van der Waals surface area contributed by atoms with Gasteiger partial charge in [0.2, 0.25) is 0 Å². The van der Waals surface area contributed by atoms with E-state index in [1.165, 1.54) is 0 Å². The first-order valence-electron chi connectivity index (χ1n) is 5.36. The van der Waals surface area contributed by atoms with Gasteiger partial charge in [-0.3, -0.25) is 4.79 Å². The zero-order chi connectivity index (χ0) is 11.5. The lowest BCUT2D eigenvalue weighted by molar-refractivity contribution is 0.0954. The van der Waals surface area contributed by atoms with E-state index >= 15 is 0 Å². The van der Waals surface area contributed by atoms with Gasteiger partial charge in [-0.05, 0) is 24.6 Å². The van der Waals surface area contributed by atoms with Crippen LogP contribution in [0.5, 0.6) is 0 Å². The number of benzene rings is 1. The molecule has 0 aliphatic rings. The van der Waals surface area contributed by atoms with E-state index in [2.05, 4.69) is 10.3 Å². The van der Waals surface area contributed by atoms with Gasteiger partial charge < -0.3 is 9.73 Å². The maximum atomic E-state index is 11.7. The maximum Gasteiger partial charge on any atom is 0.251 e. The lowest BCUT2D eigenvalue weighted by Gasteiger charge is -2.02. The normalized spacial score (nSPS) is 10.6. The second-order valence-corrected chi connectivity index (χ2v) is 3.67. The van der Waals surface area contributed by atoms with E-state index in [-0.39, 0.29) is 5.91 Å². The van der Waals surface area contributed by atoms with E-state index in [9.17, 15) is 4.79 Å². The van der Waals surface area contributed by atoms with Gasteiger partial charge in [-0.2, -0.15) is 0 Å². The standard InChI is InChI=1S/C12H14N2O2/c1-3-6-13-12(15)9-4-5-11-10(7-9)14-8(2)16-11/h4-5,7H,3,6H2,1-2H3,(H,13,15). The van der Waals surface area contributed by atoms with Crippen LogP contribution in [0.25, 0.3) is 11.1 Å². The summed E-state index contributed by atoms with van der Waals surface area (Å²) in [6.45, 7) is 4.50. The molecule has 16 heavy (non-hydrogen) atoms. The summed E-state index contributed by atoms with van der Waals surface area (Å²) in [5.74, 6) is 0.547. The molecular weight excluding hydrogens is 204 g/mol. The van der Waals surface area contributed by atoms with Gasteiger partial charge in [-0.25, -0.2) is 4.98 Å². The predicted octanol–water partition coefficient (Wildman–Crippen LogP) is 2.28.